The van der Waals surface area contributed by atoms with Crippen LogP contribution in [0.1, 0.15) is 24.0 Å². The molecule has 0 unspecified atom stereocenters. The number of imidazole rings is 1. The second kappa shape index (κ2) is 12.0. The molecule has 0 spiro atoms. The highest BCUT2D eigenvalue weighted by Crippen LogP contribution is 2.30. The first-order valence-corrected chi connectivity index (χ1v) is 11.8. The van der Waals surface area contributed by atoms with Crippen molar-refractivity contribution in [3.05, 3.63) is 78.4 Å². The Bertz CT molecular complexity index is 1080. The Kier molecular flexibility index (Phi) is 8.35. The Morgan fingerprint density at radius 2 is 1.94 bits per heavy atom. The van der Waals surface area contributed by atoms with Crippen LogP contribution in [-0.2, 0) is 11.2 Å². The molecule has 0 bridgehead atoms. The summed E-state index contributed by atoms with van der Waals surface area (Å²) in [5.41, 5.74) is 3.37. The maximum absolute atomic E-state index is 12.1. The quantitative estimate of drug-likeness (QED) is 0.442. The standard InChI is InChI=1S/C27H32N4O3/c1-30(16-12-23-8-11-25-26(20-23)34-19-18-33-25)15-3-13-29-27(32)5-2-4-22-6-9-24(10-7-22)31-17-14-28-21-31/h2,4,6-11,14,17,20-21H,3,5,12-13,15-16,18-19H2,1H3,(H,29,32)/b4-2+. The molecule has 7 heteroatoms. The number of likely N-dealkylation sites (N-methyl/N-ethyl adjacent to an activating group) is 1. The van der Waals surface area contributed by atoms with E-state index in [2.05, 4.69) is 34.4 Å². The molecule has 0 radical (unpaired) electrons. The molecule has 7 nitrogen and oxygen atoms in total. The van der Waals surface area contributed by atoms with Gasteiger partial charge in [0.2, 0.25) is 5.91 Å². The fourth-order valence-electron chi connectivity index (χ4n) is 3.80. The average molecular weight is 461 g/mol. The van der Waals surface area contributed by atoms with Gasteiger partial charge in [-0.3, -0.25) is 4.79 Å². The van der Waals surface area contributed by atoms with Gasteiger partial charge in [-0.15, -0.1) is 0 Å². The fourth-order valence-corrected chi connectivity index (χ4v) is 3.80. The smallest absolute Gasteiger partial charge is 0.223 e. The van der Waals surface area contributed by atoms with Gasteiger partial charge in [0.1, 0.15) is 13.2 Å². The minimum absolute atomic E-state index is 0.0465. The van der Waals surface area contributed by atoms with Crippen molar-refractivity contribution in [2.75, 3.05) is 39.9 Å². The number of hydrogen-bond acceptors (Lipinski definition) is 5. The molecule has 0 saturated heterocycles. The molecule has 34 heavy (non-hydrogen) atoms. The molecule has 1 N–H and O–H groups in total. The second-order valence-corrected chi connectivity index (χ2v) is 8.40. The van der Waals surface area contributed by atoms with E-state index in [9.17, 15) is 4.79 Å². The van der Waals surface area contributed by atoms with Gasteiger partial charge in [0.15, 0.2) is 11.5 Å². The SMILES string of the molecule is CN(CCCNC(=O)C/C=C/c1ccc(-n2ccnc2)cc1)CCc1ccc2c(c1)OCCO2. The van der Waals surface area contributed by atoms with E-state index in [-0.39, 0.29) is 5.91 Å². The second-order valence-electron chi connectivity index (χ2n) is 8.40. The number of rotatable bonds is 11. The van der Waals surface area contributed by atoms with E-state index < -0.39 is 0 Å². The lowest BCUT2D eigenvalue weighted by Gasteiger charge is -2.20. The molecule has 1 amide bonds. The number of hydrogen-bond donors (Lipinski definition) is 1. The highest BCUT2D eigenvalue weighted by atomic mass is 16.6. The highest BCUT2D eigenvalue weighted by molar-refractivity contribution is 5.78. The minimum atomic E-state index is 0.0465. The van der Waals surface area contributed by atoms with E-state index in [1.807, 2.05) is 53.2 Å². The maximum atomic E-state index is 12.1. The number of ether oxygens (including phenoxy) is 2. The van der Waals surface area contributed by atoms with Gasteiger partial charge in [0.25, 0.3) is 0 Å². The average Bonchev–Trinajstić information content (AvgIpc) is 3.41. The summed E-state index contributed by atoms with van der Waals surface area (Å²) in [6.45, 7) is 3.79. The van der Waals surface area contributed by atoms with Crippen LogP contribution in [0.2, 0.25) is 0 Å². The van der Waals surface area contributed by atoms with E-state index in [0.717, 1.165) is 48.7 Å². The number of amides is 1. The van der Waals surface area contributed by atoms with E-state index >= 15 is 0 Å². The van der Waals surface area contributed by atoms with Gasteiger partial charge in [-0.2, -0.15) is 0 Å². The summed E-state index contributed by atoms with van der Waals surface area (Å²) < 4.78 is 13.2. The number of benzene rings is 2. The van der Waals surface area contributed by atoms with Gasteiger partial charge in [-0.25, -0.2) is 4.98 Å². The highest BCUT2D eigenvalue weighted by Gasteiger charge is 2.11. The minimum Gasteiger partial charge on any atom is -0.486 e. The number of carbonyl (C=O) groups excluding carboxylic acids is 1. The van der Waals surface area contributed by atoms with Gasteiger partial charge < -0.3 is 24.3 Å². The Morgan fingerprint density at radius 1 is 1.12 bits per heavy atom. The summed E-state index contributed by atoms with van der Waals surface area (Å²) in [4.78, 5) is 18.5. The van der Waals surface area contributed by atoms with Crippen LogP contribution < -0.4 is 14.8 Å². The van der Waals surface area contributed by atoms with Crippen LogP contribution >= 0.6 is 0 Å². The Morgan fingerprint density at radius 3 is 2.74 bits per heavy atom. The molecule has 4 rings (SSSR count). The van der Waals surface area contributed by atoms with E-state index in [4.69, 9.17) is 9.47 Å². The number of nitrogens with zero attached hydrogens (tertiary/aromatic N) is 3. The van der Waals surface area contributed by atoms with E-state index in [0.29, 0.717) is 26.2 Å². The van der Waals surface area contributed by atoms with E-state index in [1.165, 1.54) is 5.56 Å². The summed E-state index contributed by atoms with van der Waals surface area (Å²) in [5.74, 6) is 1.72. The predicted molar refractivity (Wildman–Crippen MR) is 133 cm³/mol. The molecule has 0 aliphatic carbocycles. The van der Waals surface area contributed by atoms with Crippen molar-refractivity contribution in [3.63, 3.8) is 0 Å². The Labute approximate surface area is 201 Å². The van der Waals surface area contributed by atoms with Crippen LogP contribution in [0.5, 0.6) is 11.5 Å². The topological polar surface area (TPSA) is 68.6 Å². The molecule has 2 aromatic carbocycles. The monoisotopic (exact) mass is 460 g/mol. The molecule has 178 valence electrons. The summed E-state index contributed by atoms with van der Waals surface area (Å²) in [6.07, 6.45) is 11.6. The van der Waals surface area contributed by atoms with Crippen LogP contribution in [0.3, 0.4) is 0 Å². The summed E-state index contributed by atoms with van der Waals surface area (Å²) in [5, 5.41) is 3.00. The van der Waals surface area contributed by atoms with Crippen LogP contribution in [0, 0.1) is 0 Å². The lowest BCUT2D eigenvalue weighted by atomic mass is 10.1. The first kappa shape index (κ1) is 23.6. The van der Waals surface area contributed by atoms with Crippen molar-refractivity contribution in [2.45, 2.75) is 19.3 Å². The summed E-state index contributed by atoms with van der Waals surface area (Å²) >= 11 is 0. The molecule has 0 atom stereocenters. The normalized spacial score (nSPS) is 12.9. The Balaban J connectivity index is 1.09. The van der Waals surface area contributed by atoms with Crippen molar-refractivity contribution >= 4 is 12.0 Å². The first-order valence-electron chi connectivity index (χ1n) is 11.8. The third kappa shape index (κ3) is 6.96. The number of fused-ring (bicyclic) bond motifs is 1. The molecule has 1 aliphatic heterocycles. The molecule has 2 heterocycles. The third-order valence-electron chi connectivity index (χ3n) is 5.74. The zero-order valence-electron chi connectivity index (χ0n) is 19.7. The van der Waals surface area contributed by atoms with Crippen LogP contribution in [-0.4, -0.2) is 60.3 Å². The Hall–Kier alpha value is -3.58. The van der Waals surface area contributed by atoms with Gasteiger partial charge in [0, 0.05) is 37.6 Å². The van der Waals surface area contributed by atoms with E-state index in [1.54, 1.807) is 12.5 Å². The van der Waals surface area contributed by atoms with Crippen molar-refractivity contribution < 1.29 is 14.3 Å². The first-order chi connectivity index (χ1) is 16.7. The largest absolute Gasteiger partial charge is 0.486 e. The molecular formula is C27H32N4O3. The van der Waals surface area contributed by atoms with Crippen molar-refractivity contribution in [3.8, 4) is 17.2 Å². The van der Waals surface area contributed by atoms with Gasteiger partial charge >= 0.3 is 0 Å². The number of nitrogens with one attached hydrogen (secondary N) is 1. The van der Waals surface area contributed by atoms with Crippen molar-refractivity contribution in [2.24, 2.45) is 0 Å². The molecule has 1 aromatic heterocycles. The third-order valence-corrected chi connectivity index (χ3v) is 5.74. The fraction of sp³-hybridized carbons (Fsp3) is 0.333. The molecule has 1 aliphatic rings. The maximum Gasteiger partial charge on any atom is 0.223 e. The van der Waals surface area contributed by atoms with Gasteiger partial charge in [0.05, 0.1) is 6.33 Å². The zero-order valence-corrected chi connectivity index (χ0v) is 19.7. The van der Waals surface area contributed by atoms with Gasteiger partial charge in [-0.05, 0) is 61.8 Å². The molecule has 0 fully saturated rings. The lowest BCUT2D eigenvalue weighted by Crippen LogP contribution is -2.28. The van der Waals surface area contributed by atoms with Crippen molar-refractivity contribution in [1.82, 2.24) is 19.8 Å². The summed E-state index contributed by atoms with van der Waals surface area (Å²) in [7, 11) is 2.11. The number of aromatic nitrogens is 2. The van der Waals surface area contributed by atoms with Crippen LogP contribution in [0.25, 0.3) is 11.8 Å². The number of carbonyl (C=O) groups is 1. The molecule has 3 aromatic rings. The van der Waals surface area contributed by atoms with Crippen LogP contribution in [0.15, 0.2) is 67.3 Å². The predicted octanol–water partition coefficient (Wildman–Crippen LogP) is 3.73. The van der Waals surface area contributed by atoms with Crippen LogP contribution in [0.4, 0.5) is 0 Å². The van der Waals surface area contributed by atoms with Gasteiger partial charge in [-0.1, -0.05) is 30.4 Å². The summed E-state index contributed by atoms with van der Waals surface area (Å²) in [6, 6.07) is 14.3. The van der Waals surface area contributed by atoms with Crippen molar-refractivity contribution in [1.29, 1.82) is 0 Å². The lowest BCUT2D eigenvalue weighted by molar-refractivity contribution is -0.120. The molecule has 0 saturated carbocycles. The zero-order chi connectivity index (χ0) is 23.6. The molecular weight excluding hydrogens is 428 g/mol.